The predicted octanol–water partition coefficient (Wildman–Crippen LogP) is 2.76. The molecule has 90 valence electrons. The number of carbonyl (C=O) groups excluding carboxylic acids is 1. The van der Waals surface area contributed by atoms with Gasteiger partial charge < -0.3 is 9.90 Å². The zero-order valence-electron chi connectivity index (χ0n) is 10.4. The molecule has 0 rings (SSSR count). The Morgan fingerprint density at radius 1 is 1.07 bits per heavy atom. The van der Waals surface area contributed by atoms with Gasteiger partial charge in [-0.3, -0.25) is 0 Å². The first kappa shape index (κ1) is 14.5. The van der Waals surface area contributed by atoms with E-state index < -0.39 is 5.97 Å². The Kier molecular flexibility index (Phi) is 8.44. The van der Waals surface area contributed by atoms with E-state index in [2.05, 4.69) is 6.92 Å². The fourth-order valence-corrected chi connectivity index (χ4v) is 1.87. The van der Waals surface area contributed by atoms with E-state index in [1.54, 1.807) is 0 Å². The molecule has 0 amide bonds. The van der Waals surface area contributed by atoms with Gasteiger partial charge in [0.25, 0.3) is 0 Å². The maximum Gasteiger partial charge on any atom is 0.0447 e. The van der Waals surface area contributed by atoms with Crippen molar-refractivity contribution in [1.29, 1.82) is 0 Å². The van der Waals surface area contributed by atoms with Crippen molar-refractivity contribution in [3.8, 4) is 0 Å². The third kappa shape index (κ3) is 7.40. The van der Waals surface area contributed by atoms with Crippen LogP contribution in [0.4, 0.5) is 0 Å². The summed E-state index contributed by atoms with van der Waals surface area (Å²) in [7, 11) is 0. The van der Waals surface area contributed by atoms with Gasteiger partial charge >= 0.3 is 0 Å². The van der Waals surface area contributed by atoms with Gasteiger partial charge in [0.15, 0.2) is 0 Å². The topological polar surface area (TPSA) is 40.1 Å². The number of carbonyl (C=O) groups is 1. The van der Waals surface area contributed by atoms with E-state index >= 15 is 0 Å². The van der Waals surface area contributed by atoms with Crippen LogP contribution in [-0.4, -0.2) is 5.97 Å². The van der Waals surface area contributed by atoms with Crippen LogP contribution in [-0.2, 0) is 4.79 Å². The van der Waals surface area contributed by atoms with Crippen molar-refractivity contribution < 1.29 is 9.90 Å². The summed E-state index contributed by atoms with van der Waals surface area (Å²) in [6.45, 7) is 6.11. The maximum absolute atomic E-state index is 10.8. The maximum atomic E-state index is 10.8. The molecule has 0 heterocycles. The number of hydrogen-bond donors (Lipinski definition) is 0. The summed E-state index contributed by atoms with van der Waals surface area (Å²) in [6.07, 6.45) is 8.06. The Morgan fingerprint density at radius 3 is 2.07 bits per heavy atom. The van der Waals surface area contributed by atoms with E-state index in [0.29, 0.717) is 0 Å². The van der Waals surface area contributed by atoms with Crippen LogP contribution in [0.1, 0.15) is 65.7 Å². The van der Waals surface area contributed by atoms with Crippen LogP contribution in [0.2, 0.25) is 0 Å². The number of carboxylic acid groups (broad SMARTS) is 1. The summed E-state index contributed by atoms with van der Waals surface area (Å²) in [5.41, 5.74) is 0. The first-order valence-corrected chi connectivity index (χ1v) is 6.30. The van der Waals surface area contributed by atoms with Gasteiger partial charge in [-0.2, -0.15) is 0 Å². The molecular weight excluding hydrogens is 188 g/mol. The van der Waals surface area contributed by atoms with Crippen LogP contribution in [0.3, 0.4) is 0 Å². The van der Waals surface area contributed by atoms with Crippen molar-refractivity contribution in [2.45, 2.75) is 65.7 Å². The molecule has 1 unspecified atom stereocenters. The Balaban J connectivity index is 3.50. The van der Waals surface area contributed by atoms with Gasteiger partial charge in [-0.15, -0.1) is 0 Å². The van der Waals surface area contributed by atoms with Crippen LogP contribution in [0.15, 0.2) is 0 Å². The van der Waals surface area contributed by atoms with Gasteiger partial charge in [-0.25, -0.2) is 0 Å². The highest BCUT2D eigenvalue weighted by Gasteiger charge is 2.13. The molecule has 0 aromatic carbocycles. The van der Waals surface area contributed by atoms with Crippen molar-refractivity contribution in [1.82, 2.24) is 0 Å². The second-order valence-electron chi connectivity index (χ2n) is 4.73. The van der Waals surface area contributed by atoms with Crippen LogP contribution < -0.4 is 5.11 Å². The molecule has 0 N–H and O–H groups in total. The third-order valence-electron chi connectivity index (χ3n) is 2.98. The standard InChI is InChI=1S/C13H26O2/c1-4-5-6-7-8-9-10-12(11(2)3)13(14)15/h11-12H,4-10H2,1-3H3,(H,14,15)/p-1. The van der Waals surface area contributed by atoms with E-state index in [1.807, 2.05) is 13.8 Å². The van der Waals surface area contributed by atoms with Crippen LogP contribution in [0.5, 0.6) is 0 Å². The fourth-order valence-electron chi connectivity index (χ4n) is 1.87. The lowest BCUT2D eigenvalue weighted by atomic mass is 9.90. The van der Waals surface area contributed by atoms with E-state index in [-0.39, 0.29) is 11.8 Å². The molecule has 0 aliphatic rings. The van der Waals surface area contributed by atoms with E-state index in [4.69, 9.17) is 0 Å². The minimum absolute atomic E-state index is 0.200. The fraction of sp³-hybridized carbons (Fsp3) is 0.923. The van der Waals surface area contributed by atoms with E-state index in [0.717, 1.165) is 19.3 Å². The monoisotopic (exact) mass is 213 g/mol. The lowest BCUT2D eigenvalue weighted by Crippen LogP contribution is -2.34. The van der Waals surface area contributed by atoms with Crippen molar-refractivity contribution in [2.24, 2.45) is 11.8 Å². The highest BCUT2D eigenvalue weighted by atomic mass is 16.4. The minimum atomic E-state index is -0.876. The van der Waals surface area contributed by atoms with Crippen molar-refractivity contribution >= 4 is 5.97 Å². The Bertz CT molecular complexity index is 164. The second-order valence-corrected chi connectivity index (χ2v) is 4.73. The van der Waals surface area contributed by atoms with Crippen molar-refractivity contribution in [2.75, 3.05) is 0 Å². The van der Waals surface area contributed by atoms with Crippen molar-refractivity contribution in [3.63, 3.8) is 0 Å². The minimum Gasteiger partial charge on any atom is -0.550 e. The summed E-state index contributed by atoms with van der Waals surface area (Å²) in [5.74, 6) is -0.930. The number of rotatable bonds is 9. The molecule has 0 bridgehead atoms. The summed E-state index contributed by atoms with van der Waals surface area (Å²) in [5, 5.41) is 10.8. The first-order chi connectivity index (χ1) is 7.09. The smallest absolute Gasteiger partial charge is 0.0447 e. The normalized spacial score (nSPS) is 13.1. The number of hydrogen-bond acceptors (Lipinski definition) is 2. The van der Waals surface area contributed by atoms with Gasteiger partial charge in [-0.05, 0) is 12.3 Å². The first-order valence-electron chi connectivity index (χ1n) is 6.30. The lowest BCUT2D eigenvalue weighted by Gasteiger charge is -2.21. The van der Waals surface area contributed by atoms with Crippen LogP contribution in [0.25, 0.3) is 0 Å². The highest BCUT2D eigenvalue weighted by Crippen LogP contribution is 2.18. The molecule has 0 saturated heterocycles. The molecule has 0 aromatic rings. The number of carboxylic acids is 1. The molecule has 2 nitrogen and oxygen atoms in total. The SMILES string of the molecule is CCCCCCCCC(C(=O)[O-])C(C)C. The Labute approximate surface area is 94.1 Å². The van der Waals surface area contributed by atoms with Crippen LogP contribution >= 0.6 is 0 Å². The molecule has 15 heavy (non-hydrogen) atoms. The quantitative estimate of drug-likeness (QED) is 0.552. The zero-order valence-corrected chi connectivity index (χ0v) is 10.4. The predicted molar refractivity (Wildman–Crippen MR) is 61.3 cm³/mol. The highest BCUT2D eigenvalue weighted by molar-refractivity contribution is 5.67. The average Bonchev–Trinajstić information content (AvgIpc) is 2.15. The largest absolute Gasteiger partial charge is 0.550 e. The van der Waals surface area contributed by atoms with Gasteiger partial charge in [0.05, 0.1) is 0 Å². The van der Waals surface area contributed by atoms with E-state index in [1.165, 1.54) is 25.7 Å². The lowest BCUT2D eigenvalue weighted by molar-refractivity contribution is -0.313. The summed E-state index contributed by atoms with van der Waals surface area (Å²) in [6, 6.07) is 0. The average molecular weight is 213 g/mol. The number of unbranched alkanes of at least 4 members (excludes halogenated alkanes) is 5. The molecule has 0 fully saturated rings. The van der Waals surface area contributed by atoms with Gasteiger partial charge in [0.2, 0.25) is 0 Å². The van der Waals surface area contributed by atoms with Crippen LogP contribution in [0, 0.1) is 11.8 Å². The van der Waals surface area contributed by atoms with Gasteiger partial charge in [-0.1, -0.05) is 59.3 Å². The summed E-state index contributed by atoms with van der Waals surface area (Å²) < 4.78 is 0. The molecule has 0 aromatic heterocycles. The van der Waals surface area contributed by atoms with Gasteiger partial charge in [0, 0.05) is 11.9 Å². The Morgan fingerprint density at radius 2 is 1.60 bits per heavy atom. The molecule has 0 saturated carbocycles. The molecule has 0 aliphatic carbocycles. The summed E-state index contributed by atoms with van der Waals surface area (Å²) in [4.78, 5) is 10.8. The zero-order chi connectivity index (χ0) is 11.7. The molecule has 0 spiro atoms. The molecule has 1 atom stereocenters. The van der Waals surface area contributed by atoms with Gasteiger partial charge in [0.1, 0.15) is 0 Å². The van der Waals surface area contributed by atoms with Crippen molar-refractivity contribution in [3.05, 3.63) is 0 Å². The molecule has 2 heteroatoms. The summed E-state index contributed by atoms with van der Waals surface area (Å²) >= 11 is 0. The second kappa shape index (κ2) is 8.75. The molecular formula is C13H25O2-. The molecule has 0 radical (unpaired) electrons. The number of aliphatic carboxylic acids is 1. The van der Waals surface area contributed by atoms with E-state index in [9.17, 15) is 9.90 Å². The Hall–Kier alpha value is -0.530. The molecule has 0 aliphatic heterocycles. The third-order valence-corrected chi connectivity index (χ3v) is 2.98.